The van der Waals surface area contributed by atoms with Gasteiger partial charge in [0.2, 0.25) is 11.8 Å². The quantitative estimate of drug-likeness (QED) is 0.611. The summed E-state index contributed by atoms with van der Waals surface area (Å²) < 4.78 is 0. The largest absolute Gasteiger partial charge is 0.343 e. The van der Waals surface area contributed by atoms with Crippen LogP contribution in [0.1, 0.15) is 58.8 Å². The van der Waals surface area contributed by atoms with Gasteiger partial charge in [-0.25, -0.2) is 4.79 Å². The number of nitrogens with zero attached hydrogens (tertiary/aromatic N) is 2. The molecule has 1 fully saturated rings. The van der Waals surface area contributed by atoms with Crippen molar-refractivity contribution >= 4 is 23.5 Å². The third-order valence-electron chi connectivity index (χ3n) is 5.34. The third-order valence-corrected chi connectivity index (χ3v) is 5.34. The van der Waals surface area contributed by atoms with E-state index in [4.69, 9.17) is 0 Å². The predicted molar refractivity (Wildman–Crippen MR) is 119 cm³/mol. The zero-order chi connectivity index (χ0) is 21.8. The van der Waals surface area contributed by atoms with E-state index >= 15 is 0 Å². The summed E-state index contributed by atoms with van der Waals surface area (Å²) in [6, 6.07) is 9.18. The minimum atomic E-state index is -0.215. The van der Waals surface area contributed by atoms with Gasteiger partial charge in [-0.2, -0.15) is 0 Å². The Kier molecular flexibility index (Phi) is 10.2. The molecule has 0 unspecified atom stereocenters. The average molecular weight is 417 g/mol. The van der Waals surface area contributed by atoms with E-state index in [1.54, 1.807) is 0 Å². The van der Waals surface area contributed by atoms with Crippen molar-refractivity contribution in [3.63, 3.8) is 0 Å². The molecule has 4 amide bonds. The number of urea groups is 1. The second-order valence-corrected chi connectivity index (χ2v) is 7.85. The van der Waals surface area contributed by atoms with Crippen LogP contribution in [0.4, 0.5) is 10.5 Å². The van der Waals surface area contributed by atoms with Crippen molar-refractivity contribution in [3.8, 4) is 0 Å². The van der Waals surface area contributed by atoms with Gasteiger partial charge in [0.05, 0.1) is 0 Å². The van der Waals surface area contributed by atoms with E-state index in [1.165, 1.54) is 0 Å². The molecular weight excluding hydrogens is 380 g/mol. The van der Waals surface area contributed by atoms with E-state index in [9.17, 15) is 14.4 Å². The van der Waals surface area contributed by atoms with Gasteiger partial charge < -0.3 is 20.4 Å². The van der Waals surface area contributed by atoms with Crippen LogP contribution in [-0.2, 0) is 9.59 Å². The van der Waals surface area contributed by atoms with Crippen molar-refractivity contribution in [3.05, 3.63) is 30.3 Å². The summed E-state index contributed by atoms with van der Waals surface area (Å²) in [5, 5.41) is 5.81. The monoisotopic (exact) mass is 416 g/mol. The standard InChI is InChI=1S/C23H36N4O3/c1-3-15-26(16-4-2)21(28)11-8-12-22(29)27-17-13-20(14-18-27)25-23(30)24-19-9-6-5-7-10-19/h5-7,9-10,20H,3-4,8,11-18H2,1-2H3,(H2,24,25,30). The molecule has 1 aromatic rings. The highest BCUT2D eigenvalue weighted by Gasteiger charge is 2.24. The van der Waals surface area contributed by atoms with Gasteiger partial charge in [0.15, 0.2) is 0 Å². The zero-order valence-electron chi connectivity index (χ0n) is 18.4. The number of hydrogen-bond donors (Lipinski definition) is 2. The van der Waals surface area contributed by atoms with Gasteiger partial charge in [-0.15, -0.1) is 0 Å². The first-order valence-corrected chi connectivity index (χ1v) is 11.2. The maximum absolute atomic E-state index is 12.5. The Bertz CT molecular complexity index is 666. The minimum Gasteiger partial charge on any atom is -0.343 e. The molecule has 0 spiro atoms. The molecule has 1 aromatic carbocycles. The summed E-state index contributed by atoms with van der Waals surface area (Å²) in [5.74, 6) is 0.256. The number of amides is 4. The topological polar surface area (TPSA) is 81.8 Å². The highest BCUT2D eigenvalue weighted by Crippen LogP contribution is 2.14. The first kappa shape index (κ1) is 23.7. The highest BCUT2D eigenvalue weighted by atomic mass is 16.2. The van der Waals surface area contributed by atoms with Gasteiger partial charge in [0, 0.05) is 50.7 Å². The first-order valence-electron chi connectivity index (χ1n) is 11.2. The van der Waals surface area contributed by atoms with Gasteiger partial charge in [0.25, 0.3) is 0 Å². The number of benzene rings is 1. The molecule has 0 saturated carbocycles. The van der Waals surface area contributed by atoms with E-state index in [0.29, 0.717) is 32.4 Å². The van der Waals surface area contributed by atoms with Crippen LogP contribution in [0.15, 0.2) is 30.3 Å². The summed E-state index contributed by atoms with van der Waals surface area (Å²) in [6.07, 6.45) is 4.84. The van der Waals surface area contributed by atoms with Crippen LogP contribution in [0.5, 0.6) is 0 Å². The Hall–Kier alpha value is -2.57. The lowest BCUT2D eigenvalue weighted by Crippen LogP contribution is -2.47. The molecule has 0 aromatic heterocycles. The molecule has 1 aliphatic heterocycles. The van der Waals surface area contributed by atoms with E-state index in [0.717, 1.165) is 44.5 Å². The lowest BCUT2D eigenvalue weighted by Gasteiger charge is -2.32. The summed E-state index contributed by atoms with van der Waals surface area (Å²) >= 11 is 0. The number of piperidine rings is 1. The number of hydrogen-bond acceptors (Lipinski definition) is 3. The predicted octanol–water partition coefficient (Wildman–Crippen LogP) is 3.62. The smallest absolute Gasteiger partial charge is 0.319 e. The van der Waals surface area contributed by atoms with Crippen LogP contribution < -0.4 is 10.6 Å². The van der Waals surface area contributed by atoms with Crippen LogP contribution in [-0.4, -0.2) is 59.9 Å². The molecule has 0 radical (unpaired) electrons. The van der Waals surface area contributed by atoms with Crippen molar-refractivity contribution in [1.82, 2.24) is 15.1 Å². The fourth-order valence-corrected chi connectivity index (χ4v) is 3.76. The third kappa shape index (κ3) is 8.05. The summed E-state index contributed by atoms with van der Waals surface area (Å²) in [7, 11) is 0. The van der Waals surface area contributed by atoms with Gasteiger partial charge in [-0.3, -0.25) is 9.59 Å². The number of carbonyl (C=O) groups excluding carboxylic acids is 3. The molecule has 0 bridgehead atoms. The van der Waals surface area contributed by atoms with Crippen molar-refractivity contribution in [2.45, 2.75) is 64.8 Å². The van der Waals surface area contributed by atoms with Crippen LogP contribution in [0.3, 0.4) is 0 Å². The fourth-order valence-electron chi connectivity index (χ4n) is 3.76. The number of para-hydroxylation sites is 1. The number of rotatable bonds is 10. The SMILES string of the molecule is CCCN(CCC)C(=O)CCCC(=O)N1CCC(NC(=O)Nc2ccccc2)CC1. The maximum Gasteiger partial charge on any atom is 0.319 e. The maximum atomic E-state index is 12.5. The number of carbonyl (C=O) groups is 3. The molecule has 7 heteroatoms. The minimum absolute atomic E-state index is 0.0657. The molecule has 1 saturated heterocycles. The molecule has 2 N–H and O–H groups in total. The van der Waals surface area contributed by atoms with Gasteiger partial charge >= 0.3 is 6.03 Å². The van der Waals surface area contributed by atoms with E-state index < -0.39 is 0 Å². The Morgan fingerprint density at radius 2 is 1.63 bits per heavy atom. The average Bonchev–Trinajstić information content (AvgIpc) is 2.74. The molecule has 1 aliphatic rings. The Morgan fingerprint density at radius 3 is 2.23 bits per heavy atom. The van der Waals surface area contributed by atoms with Gasteiger partial charge in [-0.05, 0) is 44.2 Å². The van der Waals surface area contributed by atoms with Crippen LogP contribution >= 0.6 is 0 Å². The number of nitrogens with one attached hydrogen (secondary N) is 2. The van der Waals surface area contributed by atoms with Gasteiger partial charge in [0.1, 0.15) is 0 Å². The molecular formula is C23H36N4O3. The zero-order valence-corrected chi connectivity index (χ0v) is 18.4. The molecule has 1 heterocycles. The Morgan fingerprint density at radius 1 is 1.00 bits per heavy atom. The Labute approximate surface area is 180 Å². The lowest BCUT2D eigenvalue weighted by molar-refractivity contribution is -0.133. The first-order chi connectivity index (χ1) is 14.5. The van der Waals surface area contributed by atoms with Crippen LogP contribution in [0.25, 0.3) is 0 Å². The van der Waals surface area contributed by atoms with Gasteiger partial charge in [-0.1, -0.05) is 32.0 Å². The fraction of sp³-hybridized carbons (Fsp3) is 0.609. The molecule has 7 nitrogen and oxygen atoms in total. The number of anilines is 1. The second-order valence-electron chi connectivity index (χ2n) is 7.85. The molecule has 166 valence electrons. The van der Waals surface area contributed by atoms with Crippen molar-refractivity contribution in [2.75, 3.05) is 31.5 Å². The molecule has 0 aliphatic carbocycles. The molecule has 30 heavy (non-hydrogen) atoms. The van der Waals surface area contributed by atoms with Crippen LogP contribution in [0.2, 0.25) is 0 Å². The summed E-state index contributed by atoms with van der Waals surface area (Å²) in [4.78, 5) is 40.7. The lowest BCUT2D eigenvalue weighted by atomic mass is 10.0. The highest BCUT2D eigenvalue weighted by molar-refractivity contribution is 5.89. The Balaban J connectivity index is 1.65. The second kappa shape index (κ2) is 12.9. The number of likely N-dealkylation sites (tertiary alicyclic amines) is 1. The van der Waals surface area contributed by atoms with E-state index in [-0.39, 0.29) is 23.9 Å². The van der Waals surface area contributed by atoms with Crippen molar-refractivity contribution in [1.29, 1.82) is 0 Å². The van der Waals surface area contributed by atoms with Crippen molar-refractivity contribution in [2.24, 2.45) is 0 Å². The summed E-state index contributed by atoms with van der Waals surface area (Å²) in [6.45, 7) is 7.01. The van der Waals surface area contributed by atoms with E-state index in [1.807, 2.05) is 40.1 Å². The van der Waals surface area contributed by atoms with Crippen molar-refractivity contribution < 1.29 is 14.4 Å². The van der Waals surface area contributed by atoms with E-state index in [2.05, 4.69) is 24.5 Å². The van der Waals surface area contributed by atoms with Crippen LogP contribution in [0, 0.1) is 0 Å². The normalized spacial score (nSPS) is 14.3. The molecule has 0 atom stereocenters. The molecule has 2 rings (SSSR count). The summed E-state index contributed by atoms with van der Waals surface area (Å²) in [5.41, 5.74) is 0.758.